The van der Waals surface area contributed by atoms with Crippen molar-refractivity contribution in [2.24, 2.45) is 5.92 Å². The van der Waals surface area contributed by atoms with E-state index in [-0.39, 0.29) is 23.3 Å². The third kappa shape index (κ3) is 7.69. The molecular weight excluding hydrogens is 503 g/mol. The van der Waals surface area contributed by atoms with Crippen LogP contribution in [-0.4, -0.2) is 64.2 Å². The first-order valence-electron chi connectivity index (χ1n) is 12.4. The molecule has 2 aliphatic heterocycles. The summed E-state index contributed by atoms with van der Waals surface area (Å²) in [7, 11) is 0. The minimum atomic E-state index is -5.08. The number of piperidine rings is 1. The van der Waals surface area contributed by atoms with Crippen molar-refractivity contribution < 1.29 is 37.4 Å². The standard InChI is InChI=1S/C25H31N3O3.C2HF3O2/c1-18(2)16-27-23(29)14-20-15-25(31-22-8-4-3-7-21(20)22)9-12-28(13-10-25)24(30)19-6-5-11-26-17-19;3-2(4,5)1(6)7/h3-8,11,17-18,20H,9-10,12-16H2,1-2H3,(H,27,29);(H,6,7). The summed E-state index contributed by atoms with van der Waals surface area (Å²) >= 11 is 0. The van der Waals surface area contributed by atoms with Crippen molar-refractivity contribution in [3.63, 3.8) is 0 Å². The molecule has 206 valence electrons. The molecular formula is C27H32F3N3O5. The number of benzene rings is 1. The summed E-state index contributed by atoms with van der Waals surface area (Å²) < 4.78 is 38.3. The van der Waals surface area contributed by atoms with Crippen molar-refractivity contribution in [1.82, 2.24) is 15.2 Å². The highest BCUT2D eigenvalue weighted by atomic mass is 19.4. The third-order valence-electron chi connectivity index (χ3n) is 6.56. The SMILES string of the molecule is CC(C)CNC(=O)CC1CC2(CCN(C(=O)c3cccnc3)CC2)Oc2ccccc21.O=C(O)C(F)(F)F. The Hall–Kier alpha value is -3.63. The fourth-order valence-corrected chi connectivity index (χ4v) is 4.64. The molecule has 0 saturated carbocycles. The summed E-state index contributed by atoms with van der Waals surface area (Å²) in [6.45, 7) is 6.17. The van der Waals surface area contributed by atoms with Crippen LogP contribution in [0.15, 0.2) is 48.8 Å². The van der Waals surface area contributed by atoms with Crippen LogP contribution in [0.3, 0.4) is 0 Å². The van der Waals surface area contributed by atoms with Crippen molar-refractivity contribution in [2.75, 3.05) is 19.6 Å². The minimum absolute atomic E-state index is 0.0174. The van der Waals surface area contributed by atoms with Gasteiger partial charge in [-0.15, -0.1) is 0 Å². The van der Waals surface area contributed by atoms with Crippen molar-refractivity contribution in [3.8, 4) is 5.75 Å². The van der Waals surface area contributed by atoms with Crippen LogP contribution in [0, 0.1) is 5.92 Å². The largest absolute Gasteiger partial charge is 0.490 e. The zero-order valence-electron chi connectivity index (χ0n) is 21.3. The number of hydrogen-bond donors (Lipinski definition) is 2. The summed E-state index contributed by atoms with van der Waals surface area (Å²) in [6, 6.07) is 11.7. The lowest BCUT2D eigenvalue weighted by atomic mass is 9.76. The number of aromatic nitrogens is 1. The molecule has 1 fully saturated rings. The van der Waals surface area contributed by atoms with Crippen LogP contribution in [0.4, 0.5) is 13.2 Å². The van der Waals surface area contributed by atoms with E-state index in [1.807, 2.05) is 23.1 Å². The summed E-state index contributed by atoms with van der Waals surface area (Å²) in [4.78, 5) is 40.2. The molecule has 0 aliphatic carbocycles. The number of aliphatic carboxylic acids is 1. The van der Waals surface area contributed by atoms with Gasteiger partial charge in [0.15, 0.2) is 0 Å². The van der Waals surface area contributed by atoms with Gasteiger partial charge in [-0.1, -0.05) is 32.0 Å². The zero-order valence-corrected chi connectivity index (χ0v) is 21.3. The van der Waals surface area contributed by atoms with Gasteiger partial charge in [0, 0.05) is 57.2 Å². The van der Waals surface area contributed by atoms with Crippen LogP contribution in [0.1, 0.15) is 61.4 Å². The molecule has 11 heteroatoms. The fraction of sp³-hybridized carbons (Fsp3) is 0.481. The molecule has 1 unspecified atom stereocenters. The van der Waals surface area contributed by atoms with E-state index >= 15 is 0 Å². The molecule has 8 nitrogen and oxygen atoms in total. The number of nitrogens with zero attached hydrogens (tertiary/aromatic N) is 2. The van der Waals surface area contributed by atoms with Gasteiger partial charge >= 0.3 is 12.1 Å². The number of carbonyl (C=O) groups excluding carboxylic acids is 2. The maximum absolute atomic E-state index is 12.8. The van der Waals surface area contributed by atoms with Gasteiger partial charge in [0.2, 0.25) is 5.91 Å². The monoisotopic (exact) mass is 535 g/mol. The van der Waals surface area contributed by atoms with E-state index in [0.717, 1.165) is 30.6 Å². The minimum Gasteiger partial charge on any atom is -0.487 e. The van der Waals surface area contributed by atoms with E-state index in [1.165, 1.54) is 0 Å². The number of likely N-dealkylation sites (tertiary alicyclic amines) is 1. The number of carbonyl (C=O) groups is 3. The van der Waals surface area contributed by atoms with E-state index < -0.39 is 12.1 Å². The predicted molar refractivity (Wildman–Crippen MR) is 133 cm³/mol. The average Bonchev–Trinajstić information content (AvgIpc) is 2.88. The molecule has 4 rings (SSSR count). The van der Waals surface area contributed by atoms with Gasteiger partial charge in [0.05, 0.1) is 5.56 Å². The zero-order chi connectivity index (χ0) is 27.9. The first-order chi connectivity index (χ1) is 17.9. The molecule has 2 aliphatic rings. The van der Waals surface area contributed by atoms with Crippen LogP contribution < -0.4 is 10.1 Å². The Morgan fingerprint density at radius 1 is 1.16 bits per heavy atom. The van der Waals surface area contributed by atoms with E-state index in [1.54, 1.807) is 24.5 Å². The van der Waals surface area contributed by atoms with Crippen LogP contribution >= 0.6 is 0 Å². The maximum Gasteiger partial charge on any atom is 0.490 e. The first-order valence-corrected chi connectivity index (χ1v) is 12.4. The Morgan fingerprint density at radius 3 is 2.39 bits per heavy atom. The molecule has 3 heterocycles. The van der Waals surface area contributed by atoms with Gasteiger partial charge in [0.1, 0.15) is 11.4 Å². The number of hydrogen-bond acceptors (Lipinski definition) is 5. The second kappa shape index (κ2) is 12.3. The number of alkyl halides is 3. The van der Waals surface area contributed by atoms with Gasteiger partial charge in [0.25, 0.3) is 5.91 Å². The second-order valence-electron chi connectivity index (χ2n) is 9.96. The van der Waals surface area contributed by atoms with Crippen LogP contribution in [-0.2, 0) is 9.59 Å². The number of fused-ring (bicyclic) bond motifs is 1. The van der Waals surface area contributed by atoms with Gasteiger partial charge in [-0.2, -0.15) is 13.2 Å². The number of amides is 2. The van der Waals surface area contributed by atoms with E-state index in [2.05, 4.69) is 30.2 Å². The predicted octanol–water partition coefficient (Wildman–Crippen LogP) is 4.42. The van der Waals surface area contributed by atoms with Crippen LogP contribution in [0.25, 0.3) is 0 Å². The maximum atomic E-state index is 12.8. The smallest absolute Gasteiger partial charge is 0.487 e. The molecule has 2 N–H and O–H groups in total. The highest BCUT2D eigenvalue weighted by Gasteiger charge is 2.44. The number of para-hydroxylation sites is 1. The number of halogens is 3. The normalized spacial score (nSPS) is 18.1. The van der Waals surface area contributed by atoms with Crippen molar-refractivity contribution >= 4 is 17.8 Å². The number of carboxylic acid groups (broad SMARTS) is 1. The number of carboxylic acids is 1. The van der Waals surface area contributed by atoms with Crippen LogP contribution in [0.5, 0.6) is 5.75 Å². The first kappa shape index (κ1) is 28.9. The Kier molecular flexibility index (Phi) is 9.35. The number of pyridine rings is 1. The Bertz CT molecular complexity index is 1120. The summed E-state index contributed by atoms with van der Waals surface area (Å²) in [6.07, 6.45) is 0.995. The lowest BCUT2D eigenvalue weighted by molar-refractivity contribution is -0.192. The van der Waals surface area contributed by atoms with Crippen molar-refractivity contribution in [3.05, 3.63) is 59.9 Å². The van der Waals surface area contributed by atoms with Crippen LogP contribution in [0.2, 0.25) is 0 Å². The number of nitrogens with one attached hydrogen (secondary N) is 1. The summed E-state index contributed by atoms with van der Waals surface area (Å²) in [5.41, 5.74) is 1.40. The third-order valence-corrected chi connectivity index (χ3v) is 6.56. The highest BCUT2D eigenvalue weighted by molar-refractivity contribution is 5.93. The average molecular weight is 536 g/mol. The van der Waals surface area contributed by atoms with Gasteiger partial charge in [-0.05, 0) is 36.1 Å². The molecule has 1 spiro atoms. The molecule has 2 amide bonds. The topological polar surface area (TPSA) is 109 Å². The molecule has 2 aromatic rings. The highest BCUT2D eigenvalue weighted by Crippen LogP contribution is 2.46. The van der Waals surface area contributed by atoms with E-state index in [9.17, 15) is 22.8 Å². The van der Waals surface area contributed by atoms with Gasteiger partial charge in [-0.25, -0.2) is 4.79 Å². The Balaban J connectivity index is 0.000000505. The van der Waals surface area contributed by atoms with Gasteiger partial charge in [-0.3, -0.25) is 14.6 Å². The van der Waals surface area contributed by atoms with Crippen molar-refractivity contribution in [2.45, 2.75) is 57.2 Å². The lowest BCUT2D eigenvalue weighted by Gasteiger charge is -2.47. The van der Waals surface area contributed by atoms with E-state index in [4.69, 9.17) is 14.6 Å². The molecule has 1 atom stereocenters. The fourth-order valence-electron chi connectivity index (χ4n) is 4.64. The second-order valence-corrected chi connectivity index (χ2v) is 9.96. The number of rotatable bonds is 5. The van der Waals surface area contributed by atoms with E-state index in [0.29, 0.717) is 37.5 Å². The summed E-state index contributed by atoms with van der Waals surface area (Å²) in [5.74, 6) is -1.22. The molecule has 0 bridgehead atoms. The lowest BCUT2D eigenvalue weighted by Crippen LogP contribution is -2.52. The molecule has 0 radical (unpaired) electrons. The quantitative estimate of drug-likeness (QED) is 0.587. The Morgan fingerprint density at radius 2 is 1.82 bits per heavy atom. The Labute approximate surface area is 219 Å². The molecule has 38 heavy (non-hydrogen) atoms. The molecule has 1 aromatic carbocycles. The number of ether oxygens (including phenoxy) is 1. The van der Waals surface area contributed by atoms with Crippen molar-refractivity contribution in [1.29, 1.82) is 0 Å². The molecule has 1 saturated heterocycles. The molecule has 1 aromatic heterocycles. The van der Waals surface area contributed by atoms with Gasteiger partial charge < -0.3 is 20.1 Å². The summed E-state index contributed by atoms with van der Waals surface area (Å²) in [5, 5.41) is 10.2.